The van der Waals surface area contributed by atoms with Gasteiger partial charge >= 0.3 is 12.0 Å². The van der Waals surface area contributed by atoms with Gasteiger partial charge in [-0.2, -0.15) is 0 Å². The summed E-state index contributed by atoms with van der Waals surface area (Å²) in [6.45, 7) is 0.558. The zero-order valence-corrected chi connectivity index (χ0v) is 10.5. The van der Waals surface area contributed by atoms with E-state index >= 15 is 0 Å². The van der Waals surface area contributed by atoms with Crippen molar-refractivity contribution in [3.05, 3.63) is 0 Å². The van der Waals surface area contributed by atoms with Crippen molar-refractivity contribution in [3.8, 4) is 0 Å². The molecule has 2 amide bonds. The Bertz CT molecular complexity index is 352. The molecule has 0 aliphatic rings. The summed E-state index contributed by atoms with van der Waals surface area (Å²) in [5.41, 5.74) is 0. The van der Waals surface area contributed by atoms with Gasteiger partial charge in [-0.1, -0.05) is 0 Å². The fourth-order valence-corrected chi connectivity index (χ4v) is 1.71. The predicted molar refractivity (Wildman–Crippen MR) is 62.6 cm³/mol. The third-order valence-electron chi connectivity index (χ3n) is 1.83. The van der Waals surface area contributed by atoms with Crippen LogP contribution in [0.15, 0.2) is 0 Å². The van der Waals surface area contributed by atoms with Gasteiger partial charge < -0.3 is 15.7 Å². The molecule has 0 spiro atoms. The van der Waals surface area contributed by atoms with Crippen molar-refractivity contribution in [1.82, 2.24) is 10.6 Å². The first-order chi connectivity index (χ1) is 7.81. The summed E-state index contributed by atoms with van der Waals surface area (Å²) >= 11 is 0. The van der Waals surface area contributed by atoms with Crippen LogP contribution in [-0.4, -0.2) is 50.6 Å². The standard InChI is InChI=1S/C9H18N2O5S/c1-17(15,16)7-3-6-11-9(14)10-5-2-4-8(12)13/h2-7H2,1H3,(H,12,13)(H2,10,11,14). The highest BCUT2D eigenvalue weighted by molar-refractivity contribution is 7.90. The van der Waals surface area contributed by atoms with Gasteiger partial charge in [-0.3, -0.25) is 4.79 Å². The van der Waals surface area contributed by atoms with Crippen LogP contribution >= 0.6 is 0 Å². The first kappa shape index (κ1) is 15.7. The lowest BCUT2D eigenvalue weighted by atomic mass is 10.3. The van der Waals surface area contributed by atoms with E-state index in [-0.39, 0.29) is 25.3 Å². The number of carboxylic acids is 1. The number of aliphatic carboxylic acids is 1. The van der Waals surface area contributed by atoms with Crippen LogP contribution in [0.5, 0.6) is 0 Å². The maximum Gasteiger partial charge on any atom is 0.314 e. The minimum Gasteiger partial charge on any atom is -0.481 e. The number of carbonyl (C=O) groups is 2. The number of carbonyl (C=O) groups excluding carboxylic acids is 1. The van der Waals surface area contributed by atoms with Crippen LogP contribution in [-0.2, 0) is 14.6 Å². The number of urea groups is 1. The van der Waals surface area contributed by atoms with Crippen molar-refractivity contribution in [1.29, 1.82) is 0 Å². The van der Waals surface area contributed by atoms with Crippen molar-refractivity contribution in [2.24, 2.45) is 0 Å². The summed E-state index contributed by atoms with van der Waals surface area (Å²) in [4.78, 5) is 21.3. The van der Waals surface area contributed by atoms with E-state index in [0.717, 1.165) is 6.26 Å². The van der Waals surface area contributed by atoms with Crippen LogP contribution in [0.1, 0.15) is 19.3 Å². The van der Waals surface area contributed by atoms with Crippen molar-refractivity contribution >= 4 is 21.8 Å². The lowest BCUT2D eigenvalue weighted by Crippen LogP contribution is -2.37. The molecular weight excluding hydrogens is 248 g/mol. The second-order valence-corrected chi connectivity index (χ2v) is 5.92. The molecule has 0 aromatic rings. The van der Waals surface area contributed by atoms with Crippen LogP contribution in [0, 0.1) is 0 Å². The quantitative estimate of drug-likeness (QED) is 0.517. The zero-order chi connectivity index (χ0) is 13.3. The minimum absolute atomic E-state index is 0.00829. The number of carboxylic acid groups (broad SMARTS) is 1. The first-order valence-electron chi connectivity index (χ1n) is 5.22. The normalized spacial score (nSPS) is 10.9. The second-order valence-electron chi connectivity index (χ2n) is 3.66. The Hall–Kier alpha value is -1.31. The number of hydrogen-bond acceptors (Lipinski definition) is 4. The Labute approximate surface area is 101 Å². The average molecular weight is 266 g/mol. The summed E-state index contributed by atoms with van der Waals surface area (Å²) in [7, 11) is -2.99. The number of sulfone groups is 1. The molecule has 0 rings (SSSR count). The summed E-state index contributed by atoms with van der Waals surface area (Å²) in [6, 6.07) is -0.413. The summed E-state index contributed by atoms with van der Waals surface area (Å²) in [5, 5.41) is 13.3. The van der Waals surface area contributed by atoms with Crippen LogP contribution < -0.4 is 10.6 Å². The third-order valence-corrected chi connectivity index (χ3v) is 2.86. The highest BCUT2D eigenvalue weighted by Gasteiger charge is 2.03. The Morgan fingerprint density at radius 2 is 1.65 bits per heavy atom. The molecule has 0 bridgehead atoms. The zero-order valence-electron chi connectivity index (χ0n) is 9.73. The van der Waals surface area contributed by atoms with E-state index in [1.165, 1.54) is 0 Å². The number of rotatable bonds is 8. The Balaban J connectivity index is 3.44. The molecule has 0 saturated carbocycles. The molecule has 8 heteroatoms. The fourth-order valence-electron chi connectivity index (χ4n) is 1.04. The van der Waals surface area contributed by atoms with Crippen molar-refractivity contribution in [3.63, 3.8) is 0 Å². The molecule has 100 valence electrons. The average Bonchev–Trinajstić information content (AvgIpc) is 2.18. The summed E-state index contributed by atoms with van der Waals surface area (Å²) < 4.78 is 21.5. The van der Waals surface area contributed by atoms with E-state index in [1.54, 1.807) is 0 Å². The van der Waals surface area contributed by atoms with E-state index in [0.29, 0.717) is 12.8 Å². The molecule has 0 aliphatic carbocycles. The first-order valence-corrected chi connectivity index (χ1v) is 7.28. The monoisotopic (exact) mass is 266 g/mol. The molecular formula is C9H18N2O5S. The van der Waals surface area contributed by atoms with Crippen LogP contribution in [0.2, 0.25) is 0 Å². The lowest BCUT2D eigenvalue weighted by Gasteiger charge is -2.06. The van der Waals surface area contributed by atoms with E-state index in [9.17, 15) is 18.0 Å². The summed E-state index contributed by atoms with van der Waals surface area (Å²) in [5.74, 6) is -0.868. The van der Waals surface area contributed by atoms with Crippen molar-refractivity contribution in [2.45, 2.75) is 19.3 Å². The van der Waals surface area contributed by atoms with Crippen molar-refractivity contribution in [2.75, 3.05) is 25.1 Å². The molecule has 17 heavy (non-hydrogen) atoms. The number of nitrogens with one attached hydrogen (secondary N) is 2. The van der Waals surface area contributed by atoms with Gasteiger partial charge in [0, 0.05) is 25.8 Å². The molecule has 0 heterocycles. The highest BCUT2D eigenvalue weighted by Crippen LogP contribution is 1.88. The Kier molecular flexibility index (Phi) is 7.27. The third kappa shape index (κ3) is 12.6. The molecule has 0 aromatic heterocycles. The van der Waals surface area contributed by atoms with E-state index in [4.69, 9.17) is 5.11 Å². The van der Waals surface area contributed by atoms with E-state index in [2.05, 4.69) is 10.6 Å². The van der Waals surface area contributed by atoms with Gasteiger partial charge in [0.2, 0.25) is 0 Å². The van der Waals surface area contributed by atoms with E-state index < -0.39 is 21.8 Å². The SMILES string of the molecule is CS(=O)(=O)CCCNC(=O)NCCCC(=O)O. The summed E-state index contributed by atoms with van der Waals surface area (Å²) in [6.07, 6.45) is 1.88. The van der Waals surface area contributed by atoms with Crippen LogP contribution in [0.3, 0.4) is 0 Å². The molecule has 0 radical (unpaired) electrons. The lowest BCUT2D eigenvalue weighted by molar-refractivity contribution is -0.137. The second kappa shape index (κ2) is 7.88. The molecule has 3 N–H and O–H groups in total. The van der Waals surface area contributed by atoms with Crippen LogP contribution in [0.4, 0.5) is 4.79 Å². The van der Waals surface area contributed by atoms with Gasteiger partial charge in [-0.25, -0.2) is 13.2 Å². The smallest absolute Gasteiger partial charge is 0.314 e. The number of amides is 2. The van der Waals surface area contributed by atoms with Gasteiger partial charge in [0.25, 0.3) is 0 Å². The van der Waals surface area contributed by atoms with Gasteiger partial charge in [-0.05, 0) is 12.8 Å². The molecule has 0 unspecified atom stereocenters. The largest absolute Gasteiger partial charge is 0.481 e. The van der Waals surface area contributed by atoms with Gasteiger partial charge in [-0.15, -0.1) is 0 Å². The maximum absolute atomic E-state index is 11.1. The highest BCUT2D eigenvalue weighted by atomic mass is 32.2. The van der Waals surface area contributed by atoms with Gasteiger partial charge in [0.15, 0.2) is 0 Å². The molecule has 0 aliphatic heterocycles. The molecule has 0 atom stereocenters. The van der Waals surface area contributed by atoms with E-state index in [1.807, 2.05) is 0 Å². The molecule has 0 saturated heterocycles. The number of hydrogen-bond donors (Lipinski definition) is 3. The molecule has 7 nitrogen and oxygen atoms in total. The fraction of sp³-hybridized carbons (Fsp3) is 0.778. The van der Waals surface area contributed by atoms with Crippen molar-refractivity contribution < 1.29 is 23.1 Å². The predicted octanol–water partition coefficient (Wildman–Crippen LogP) is -0.415. The Morgan fingerprint density at radius 1 is 1.12 bits per heavy atom. The minimum atomic E-state index is -2.99. The molecule has 0 aromatic carbocycles. The van der Waals surface area contributed by atoms with Crippen LogP contribution in [0.25, 0.3) is 0 Å². The van der Waals surface area contributed by atoms with Gasteiger partial charge in [0.05, 0.1) is 5.75 Å². The Morgan fingerprint density at radius 3 is 2.12 bits per heavy atom. The maximum atomic E-state index is 11.1. The van der Waals surface area contributed by atoms with Gasteiger partial charge in [0.1, 0.15) is 9.84 Å². The molecule has 0 fully saturated rings. The topological polar surface area (TPSA) is 113 Å².